The normalized spacial score (nSPS) is 13.1. The summed E-state index contributed by atoms with van der Waals surface area (Å²) in [6, 6.07) is -1.73. The molecule has 0 radical (unpaired) electrons. The maximum Gasteiger partial charge on any atom is 0.471 e. The summed E-state index contributed by atoms with van der Waals surface area (Å²) in [6.07, 6.45) is -2.64. The second-order valence-corrected chi connectivity index (χ2v) is 2.99. The molecule has 1 rings (SSSR count). The van der Waals surface area contributed by atoms with Gasteiger partial charge in [-0.3, -0.25) is 4.79 Å². The number of amides is 1. The average Bonchev–Trinajstić information content (AvgIpc) is 2.67. The molecule has 0 bridgehead atoms. The summed E-state index contributed by atoms with van der Waals surface area (Å²) in [5.74, 6) is -3.91. The molecule has 0 aromatic carbocycles. The van der Waals surface area contributed by atoms with Crippen molar-refractivity contribution in [3.63, 3.8) is 0 Å². The summed E-state index contributed by atoms with van der Waals surface area (Å²) in [6.45, 7) is -0.447. The molecule has 1 aromatic rings. The second-order valence-electron chi connectivity index (χ2n) is 2.99. The minimum absolute atomic E-state index is 0.447. The van der Waals surface area contributed by atoms with E-state index in [9.17, 15) is 22.8 Å². The Morgan fingerprint density at radius 3 is 2.53 bits per heavy atom. The van der Waals surface area contributed by atoms with Crippen LogP contribution in [0.4, 0.5) is 13.2 Å². The molecular formula is C7H7F3N4O3. The van der Waals surface area contributed by atoms with E-state index in [1.54, 1.807) is 0 Å². The van der Waals surface area contributed by atoms with E-state index >= 15 is 0 Å². The third-order valence-electron chi connectivity index (χ3n) is 1.70. The van der Waals surface area contributed by atoms with Crippen LogP contribution in [0.5, 0.6) is 0 Å². The predicted octanol–water partition coefficient (Wildman–Crippen LogP) is -0.590. The quantitative estimate of drug-likeness (QED) is 0.746. The Morgan fingerprint density at radius 1 is 1.47 bits per heavy atom. The number of nitrogens with zero attached hydrogens (tertiary/aromatic N) is 3. The molecule has 94 valence electrons. The molecule has 1 aromatic heterocycles. The molecule has 17 heavy (non-hydrogen) atoms. The van der Waals surface area contributed by atoms with Gasteiger partial charge in [-0.25, -0.2) is 9.48 Å². The summed E-state index contributed by atoms with van der Waals surface area (Å²) in [5, 5.41) is 16.7. The summed E-state index contributed by atoms with van der Waals surface area (Å²) in [5.41, 5.74) is 0. The Morgan fingerprint density at radius 2 is 2.12 bits per heavy atom. The molecule has 10 heteroatoms. The number of carboxylic acids is 1. The zero-order valence-electron chi connectivity index (χ0n) is 8.18. The number of aromatic nitrogens is 3. The third kappa shape index (κ3) is 3.74. The molecule has 0 fully saturated rings. The van der Waals surface area contributed by atoms with Crippen LogP contribution >= 0.6 is 0 Å². The Balaban J connectivity index is 2.68. The molecule has 1 heterocycles. The minimum Gasteiger partial charge on any atom is -0.480 e. The topological polar surface area (TPSA) is 97.1 Å². The molecule has 0 aliphatic carbocycles. The number of carboxylic acid groups (broad SMARTS) is 1. The van der Waals surface area contributed by atoms with Crippen molar-refractivity contribution >= 4 is 11.9 Å². The summed E-state index contributed by atoms with van der Waals surface area (Å²) in [7, 11) is 0. The van der Waals surface area contributed by atoms with Gasteiger partial charge in [0.25, 0.3) is 0 Å². The Kier molecular flexibility index (Phi) is 3.66. The molecular weight excluding hydrogens is 245 g/mol. The number of nitrogens with one attached hydrogen (secondary N) is 1. The second kappa shape index (κ2) is 4.80. The van der Waals surface area contributed by atoms with Gasteiger partial charge in [-0.15, -0.1) is 5.10 Å². The lowest BCUT2D eigenvalue weighted by atomic mass is 10.3. The zero-order chi connectivity index (χ0) is 13.1. The van der Waals surface area contributed by atoms with E-state index in [0.717, 1.165) is 4.68 Å². The van der Waals surface area contributed by atoms with Crippen molar-refractivity contribution in [2.24, 2.45) is 0 Å². The SMILES string of the molecule is O=C(O)[C@@H](Cn1ccnn1)NC(=O)C(F)(F)F. The number of aliphatic carboxylic acids is 1. The first kappa shape index (κ1) is 12.9. The van der Waals surface area contributed by atoms with E-state index in [-0.39, 0.29) is 0 Å². The third-order valence-corrected chi connectivity index (χ3v) is 1.70. The fourth-order valence-corrected chi connectivity index (χ4v) is 0.943. The van der Waals surface area contributed by atoms with Crippen molar-refractivity contribution in [2.75, 3.05) is 0 Å². The Hall–Kier alpha value is -2.13. The van der Waals surface area contributed by atoms with E-state index in [4.69, 9.17) is 5.11 Å². The zero-order valence-corrected chi connectivity index (χ0v) is 8.18. The van der Waals surface area contributed by atoms with Gasteiger partial charge in [-0.1, -0.05) is 5.21 Å². The van der Waals surface area contributed by atoms with Gasteiger partial charge in [-0.2, -0.15) is 13.2 Å². The van der Waals surface area contributed by atoms with E-state index in [2.05, 4.69) is 10.3 Å². The summed E-state index contributed by atoms with van der Waals surface area (Å²) in [4.78, 5) is 21.2. The van der Waals surface area contributed by atoms with Crippen molar-refractivity contribution in [2.45, 2.75) is 18.8 Å². The van der Waals surface area contributed by atoms with Crippen LogP contribution in [0.25, 0.3) is 0 Å². The van der Waals surface area contributed by atoms with Crippen molar-refractivity contribution in [3.8, 4) is 0 Å². The first-order chi connectivity index (χ1) is 7.80. The molecule has 0 spiro atoms. The van der Waals surface area contributed by atoms with Gasteiger partial charge in [0.05, 0.1) is 12.7 Å². The lowest BCUT2D eigenvalue weighted by molar-refractivity contribution is -0.175. The summed E-state index contributed by atoms with van der Waals surface area (Å²) >= 11 is 0. The number of carbonyl (C=O) groups is 2. The lowest BCUT2D eigenvalue weighted by Gasteiger charge is -2.15. The van der Waals surface area contributed by atoms with Gasteiger partial charge in [0, 0.05) is 6.20 Å². The molecule has 0 aliphatic heterocycles. The van der Waals surface area contributed by atoms with Crippen molar-refractivity contribution < 1.29 is 27.9 Å². The van der Waals surface area contributed by atoms with Crippen molar-refractivity contribution in [3.05, 3.63) is 12.4 Å². The van der Waals surface area contributed by atoms with Crippen LogP contribution in [0.3, 0.4) is 0 Å². The Bertz CT molecular complexity index is 403. The molecule has 0 saturated heterocycles. The van der Waals surface area contributed by atoms with E-state index in [1.165, 1.54) is 17.7 Å². The van der Waals surface area contributed by atoms with Crippen LogP contribution in [0.1, 0.15) is 0 Å². The highest BCUT2D eigenvalue weighted by Gasteiger charge is 2.40. The first-order valence-corrected chi connectivity index (χ1v) is 4.25. The predicted molar refractivity (Wildman–Crippen MR) is 45.6 cm³/mol. The van der Waals surface area contributed by atoms with Crippen molar-refractivity contribution in [1.82, 2.24) is 20.3 Å². The van der Waals surface area contributed by atoms with Crippen LogP contribution in [0, 0.1) is 0 Å². The standard InChI is InChI=1S/C7H7F3N4O3/c8-7(9,10)6(17)12-4(5(15)16)3-14-2-1-11-13-14/h1-2,4H,3H2,(H,12,17)(H,15,16)/t4-/m1/s1. The number of carbonyl (C=O) groups excluding carboxylic acids is 1. The van der Waals surface area contributed by atoms with Crippen molar-refractivity contribution in [1.29, 1.82) is 0 Å². The van der Waals surface area contributed by atoms with E-state index < -0.39 is 30.6 Å². The van der Waals surface area contributed by atoms with Crippen LogP contribution in [-0.2, 0) is 16.1 Å². The van der Waals surface area contributed by atoms with Crippen LogP contribution in [-0.4, -0.2) is 44.2 Å². The molecule has 0 aliphatic rings. The van der Waals surface area contributed by atoms with Crippen LogP contribution < -0.4 is 5.32 Å². The maximum absolute atomic E-state index is 11.9. The van der Waals surface area contributed by atoms with Gasteiger partial charge < -0.3 is 10.4 Å². The van der Waals surface area contributed by atoms with Crippen LogP contribution in [0.2, 0.25) is 0 Å². The fraction of sp³-hybridized carbons (Fsp3) is 0.429. The number of hydrogen-bond donors (Lipinski definition) is 2. The minimum atomic E-state index is -5.13. The number of hydrogen-bond acceptors (Lipinski definition) is 4. The van der Waals surface area contributed by atoms with Gasteiger partial charge >= 0.3 is 18.1 Å². The highest BCUT2D eigenvalue weighted by Crippen LogP contribution is 2.14. The largest absolute Gasteiger partial charge is 0.480 e. The smallest absolute Gasteiger partial charge is 0.471 e. The van der Waals surface area contributed by atoms with Gasteiger partial charge in [-0.05, 0) is 0 Å². The average molecular weight is 252 g/mol. The number of rotatable bonds is 4. The maximum atomic E-state index is 11.9. The van der Waals surface area contributed by atoms with Gasteiger partial charge in [0.1, 0.15) is 6.04 Å². The van der Waals surface area contributed by atoms with Gasteiger partial charge in [0.15, 0.2) is 0 Å². The molecule has 2 N–H and O–H groups in total. The molecule has 0 saturated carbocycles. The monoisotopic (exact) mass is 252 g/mol. The highest BCUT2D eigenvalue weighted by molar-refractivity contribution is 5.86. The van der Waals surface area contributed by atoms with Gasteiger partial charge in [0.2, 0.25) is 0 Å². The molecule has 0 unspecified atom stereocenters. The van der Waals surface area contributed by atoms with E-state index in [1.807, 2.05) is 0 Å². The summed E-state index contributed by atoms with van der Waals surface area (Å²) < 4.78 is 36.7. The molecule has 1 amide bonds. The first-order valence-electron chi connectivity index (χ1n) is 4.25. The highest BCUT2D eigenvalue weighted by atomic mass is 19.4. The Labute approximate surface area is 92.2 Å². The number of halogens is 3. The fourth-order valence-electron chi connectivity index (χ4n) is 0.943. The molecule has 1 atom stereocenters. The number of alkyl halides is 3. The van der Waals surface area contributed by atoms with E-state index in [0.29, 0.717) is 0 Å². The lowest BCUT2D eigenvalue weighted by Crippen LogP contribution is -2.48. The van der Waals surface area contributed by atoms with Crippen LogP contribution in [0.15, 0.2) is 12.4 Å². The molecule has 7 nitrogen and oxygen atoms in total.